The molecule has 2 unspecified atom stereocenters. The second-order valence-corrected chi connectivity index (χ2v) is 3.82. The molecule has 3 heteroatoms. The van der Waals surface area contributed by atoms with E-state index < -0.39 is 11.0 Å². The van der Waals surface area contributed by atoms with E-state index in [9.17, 15) is 4.21 Å². The molecule has 62 valence electrons. The average molecular weight is 163 g/mol. The molecule has 0 saturated heterocycles. The van der Waals surface area contributed by atoms with Crippen molar-refractivity contribution in [1.29, 1.82) is 0 Å². The van der Waals surface area contributed by atoms with E-state index in [1.807, 2.05) is 6.92 Å². The molecule has 0 aliphatic rings. The molecule has 0 aliphatic carbocycles. The molecular weight excluding hydrogens is 146 g/mol. The van der Waals surface area contributed by atoms with Crippen molar-refractivity contribution in [2.45, 2.75) is 44.8 Å². The maximum Gasteiger partial charge on any atom is 0.0919 e. The molecule has 0 aromatic heterocycles. The van der Waals surface area contributed by atoms with Gasteiger partial charge in [-0.05, 0) is 12.8 Å². The lowest BCUT2D eigenvalue weighted by atomic mass is 10.2. The summed E-state index contributed by atoms with van der Waals surface area (Å²) in [5.41, 5.74) is 0. The standard InChI is InChI=1S/C7H17NOS/c1-3-5-6-7(4-2)10(8)9/h7H,3-6,8H2,1-2H3. The molecule has 0 aliphatic heterocycles. The van der Waals surface area contributed by atoms with Gasteiger partial charge in [-0.3, -0.25) is 5.14 Å². The number of hydrogen-bond donors (Lipinski definition) is 1. The minimum Gasteiger partial charge on any atom is -0.252 e. The van der Waals surface area contributed by atoms with Gasteiger partial charge in [-0.1, -0.05) is 26.7 Å². The fourth-order valence-corrected chi connectivity index (χ4v) is 1.64. The number of unbranched alkanes of at least 4 members (excludes halogenated alkanes) is 1. The third-order valence-electron chi connectivity index (χ3n) is 1.66. The summed E-state index contributed by atoms with van der Waals surface area (Å²) >= 11 is 0. The predicted octanol–water partition coefficient (Wildman–Crippen LogP) is 1.58. The van der Waals surface area contributed by atoms with Crippen LogP contribution in [0.2, 0.25) is 0 Å². The quantitative estimate of drug-likeness (QED) is 0.657. The summed E-state index contributed by atoms with van der Waals surface area (Å²) in [7, 11) is -1.10. The van der Waals surface area contributed by atoms with Crippen LogP contribution in [0, 0.1) is 0 Å². The summed E-state index contributed by atoms with van der Waals surface area (Å²) in [6.45, 7) is 4.16. The third kappa shape index (κ3) is 4.01. The molecule has 0 spiro atoms. The first kappa shape index (κ1) is 10.1. The Bertz CT molecular complexity index is 106. The third-order valence-corrected chi connectivity index (χ3v) is 2.89. The van der Waals surface area contributed by atoms with E-state index in [-0.39, 0.29) is 5.25 Å². The molecule has 0 aromatic rings. The van der Waals surface area contributed by atoms with Gasteiger partial charge in [0.1, 0.15) is 0 Å². The molecule has 0 saturated carbocycles. The molecule has 0 fully saturated rings. The van der Waals surface area contributed by atoms with Gasteiger partial charge in [0.05, 0.1) is 11.0 Å². The molecule has 0 aromatic carbocycles. The summed E-state index contributed by atoms with van der Waals surface area (Å²) in [6, 6.07) is 0. The highest BCUT2D eigenvalue weighted by Gasteiger charge is 2.08. The molecule has 0 rings (SSSR count). The van der Waals surface area contributed by atoms with E-state index in [0.29, 0.717) is 0 Å². The van der Waals surface area contributed by atoms with Crippen LogP contribution in [0.4, 0.5) is 0 Å². The molecule has 10 heavy (non-hydrogen) atoms. The van der Waals surface area contributed by atoms with E-state index in [2.05, 4.69) is 6.92 Å². The molecule has 0 radical (unpaired) electrons. The Morgan fingerprint density at radius 2 is 2.10 bits per heavy atom. The lowest BCUT2D eigenvalue weighted by Gasteiger charge is -2.08. The number of hydrogen-bond acceptors (Lipinski definition) is 1. The molecule has 0 bridgehead atoms. The highest BCUT2D eigenvalue weighted by molar-refractivity contribution is 7.83. The largest absolute Gasteiger partial charge is 0.252 e. The van der Waals surface area contributed by atoms with Gasteiger partial charge in [-0.25, -0.2) is 4.21 Å². The van der Waals surface area contributed by atoms with Crippen LogP contribution in [0.15, 0.2) is 0 Å². The van der Waals surface area contributed by atoms with Gasteiger partial charge in [0.15, 0.2) is 0 Å². The van der Waals surface area contributed by atoms with E-state index in [4.69, 9.17) is 5.14 Å². The number of nitrogens with two attached hydrogens (primary N) is 1. The minimum absolute atomic E-state index is 0.222. The van der Waals surface area contributed by atoms with E-state index in [1.165, 1.54) is 0 Å². The van der Waals surface area contributed by atoms with Crippen molar-refractivity contribution in [3.63, 3.8) is 0 Å². The van der Waals surface area contributed by atoms with Crippen molar-refractivity contribution in [2.75, 3.05) is 0 Å². The first-order valence-corrected chi connectivity index (χ1v) is 5.14. The van der Waals surface area contributed by atoms with E-state index in [0.717, 1.165) is 25.7 Å². The van der Waals surface area contributed by atoms with Gasteiger partial charge in [0.25, 0.3) is 0 Å². The normalized spacial score (nSPS) is 16.7. The van der Waals surface area contributed by atoms with E-state index in [1.54, 1.807) is 0 Å². The summed E-state index contributed by atoms with van der Waals surface area (Å²) in [5.74, 6) is 0. The minimum atomic E-state index is -1.10. The van der Waals surface area contributed by atoms with E-state index >= 15 is 0 Å². The van der Waals surface area contributed by atoms with Crippen LogP contribution in [0.5, 0.6) is 0 Å². The second-order valence-electron chi connectivity index (χ2n) is 2.50. The molecule has 2 atom stereocenters. The van der Waals surface area contributed by atoms with Gasteiger partial charge in [-0.15, -0.1) is 0 Å². The predicted molar refractivity (Wildman–Crippen MR) is 45.9 cm³/mol. The van der Waals surface area contributed by atoms with Crippen molar-refractivity contribution in [1.82, 2.24) is 0 Å². The monoisotopic (exact) mass is 163 g/mol. The summed E-state index contributed by atoms with van der Waals surface area (Å²) in [4.78, 5) is 0. The summed E-state index contributed by atoms with van der Waals surface area (Å²) in [5, 5.41) is 5.48. The molecular formula is C7H17NOS. The van der Waals surface area contributed by atoms with Crippen LogP contribution < -0.4 is 5.14 Å². The molecule has 0 amide bonds. The van der Waals surface area contributed by atoms with Crippen molar-refractivity contribution in [2.24, 2.45) is 5.14 Å². The highest BCUT2D eigenvalue weighted by atomic mass is 32.2. The molecule has 2 nitrogen and oxygen atoms in total. The zero-order valence-corrected chi connectivity index (χ0v) is 7.62. The lowest BCUT2D eigenvalue weighted by Crippen LogP contribution is -2.20. The van der Waals surface area contributed by atoms with Gasteiger partial charge in [0.2, 0.25) is 0 Å². The lowest BCUT2D eigenvalue weighted by molar-refractivity contribution is 0.627. The Hall–Kier alpha value is 0.110. The van der Waals surface area contributed by atoms with Crippen molar-refractivity contribution >= 4 is 11.0 Å². The topological polar surface area (TPSA) is 43.1 Å². The summed E-state index contributed by atoms with van der Waals surface area (Å²) < 4.78 is 10.8. The fraction of sp³-hybridized carbons (Fsp3) is 1.00. The van der Waals surface area contributed by atoms with Crippen LogP contribution in [0.25, 0.3) is 0 Å². The Morgan fingerprint density at radius 3 is 2.40 bits per heavy atom. The van der Waals surface area contributed by atoms with Crippen LogP contribution >= 0.6 is 0 Å². The highest BCUT2D eigenvalue weighted by Crippen LogP contribution is 2.07. The van der Waals surface area contributed by atoms with Crippen LogP contribution in [0.3, 0.4) is 0 Å². The fourth-order valence-electron chi connectivity index (χ4n) is 0.916. The average Bonchev–Trinajstić information content (AvgIpc) is 1.89. The van der Waals surface area contributed by atoms with Gasteiger partial charge in [-0.2, -0.15) is 0 Å². The Labute approximate surface area is 65.8 Å². The van der Waals surface area contributed by atoms with Crippen LogP contribution in [0.1, 0.15) is 39.5 Å². The number of rotatable bonds is 5. The molecule has 0 heterocycles. The van der Waals surface area contributed by atoms with Crippen molar-refractivity contribution in [3.8, 4) is 0 Å². The van der Waals surface area contributed by atoms with Crippen molar-refractivity contribution in [3.05, 3.63) is 0 Å². The Morgan fingerprint density at radius 1 is 1.50 bits per heavy atom. The molecule has 2 N–H and O–H groups in total. The zero-order chi connectivity index (χ0) is 7.98. The van der Waals surface area contributed by atoms with Crippen LogP contribution in [-0.2, 0) is 11.0 Å². The van der Waals surface area contributed by atoms with Crippen molar-refractivity contribution < 1.29 is 4.21 Å². The van der Waals surface area contributed by atoms with Crippen LogP contribution in [-0.4, -0.2) is 9.46 Å². The Balaban J connectivity index is 3.50. The Kier molecular flexibility index (Phi) is 5.93. The zero-order valence-electron chi connectivity index (χ0n) is 6.80. The second kappa shape index (κ2) is 5.86. The first-order chi connectivity index (χ1) is 4.72. The first-order valence-electron chi connectivity index (χ1n) is 3.87. The van der Waals surface area contributed by atoms with Gasteiger partial charge < -0.3 is 0 Å². The summed E-state index contributed by atoms with van der Waals surface area (Å²) in [6.07, 6.45) is 4.24. The maximum atomic E-state index is 10.8. The smallest absolute Gasteiger partial charge is 0.0919 e. The SMILES string of the molecule is CCCCC(CC)S(N)=O. The van der Waals surface area contributed by atoms with Gasteiger partial charge in [0, 0.05) is 5.25 Å². The maximum absolute atomic E-state index is 10.8. The van der Waals surface area contributed by atoms with Gasteiger partial charge >= 0.3 is 0 Å².